The largest absolute Gasteiger partial charge is 0.441 e. The minimum Gasteiger partial charge on any atom is -0.441 e. The van der Waals surface area contributed by atoms with Crippen LogP contribution < -0.4 is 11.0 Å². The summed E-state index contributed by atoms with van der Waals surface area (Å²) in [5, 5.41) is 3.04. The third-order valence-corrected chi connectivity index (χ3v) is 9.37. The fourth-order valence-corrected chi connectivity index (χ4v) is 6.36. The Kier molecular flexibility index (Phi) is 7.80. The van der Waals surface area contributed by atoms with Gasteiger partial charge in [0.05, 0.1) is 23.6 Å². The zero-order valence-corrected chi connectivity index (χ0v) is 27.5. The molecule has 1 unspecified atom stereocenters. The van der Waals surface area contributed by atoms with Crippen molar-refractivity contribution in [3.05, 3.63) is 128 Å². The maximum absolute atomic E-state index is 14.3. The summed E-state index contributed by atoms with van der Waals surface area (Å²) in [5.41, 5.74) is 5.75. The maximum Gasteiger partial charge on any atom is 0.333 e. The Labute approximate surface area is 278 Å². The van der Waals surface area contributed by atoms with Gasteiger partial charge in [-0.05, 0) is 67.4 Å². The van der Waals surface area contributed by atoms with Crippen molar-refractivity contribution in [2.45, 2.75) is 46.4 Å². The van der Waals surface area contributed by atoms with Crippen molar-refractivity contribution in [3.8, 4) is 16.9 Å². The van der Waals surface area contributed by atoms with E-state index in [-0.39, 0.29) is 43.0 Å². The van der Waals surface area contributed by atoms with Crippen LogP contribution in [-0.4, -0.2) is 46.8 Å². The molecule has 3 aromatic carbocycles. The van der Waals surface area contributed by atoms with Crippen LogP contribution in [0.4, 0.5) is 0 Å². The number of aromatic nitrogens is 5. The van der Waals surface area contributed by atoms with Gasteiger partial charge in [0, 0.05) is 47.9 Å². The Morgan fingerprint density at radius 1 is 1.06 bits per heavy atom. The first-order valence-electron chi connectivity index (χ1n) is 15.1. The summed E-state index contributed by atoms with van der Waals surface area (Å²) in [4.78, 5) is 56.8. The minimum atomic E-state index is -0.453. The van der Waals surface area contributed by atoms with Crippen molar-refractivity contribution in [3.63, 3.8) is 0 Å². The first-order chi connectivity index (χ1) is 22.7. The van der Waals surface area contributed by atoms with Gasteiger partial charge in [0.15, 0.2) is 11.5 Å². The smallest absolute Gasteiger partial charge is 0.333 e. The highest BCUT2D eigenvalue weighted by molar-refractivity contribution is 9.10. The van der Waals surface area contributed by atoms with Gasteiger partial charge in [-0.25, -0.2) is 19.7 Å². The number of hydrogen-bond donors (Lipinski definition) is 1. The quantitative estimate of drug-likeness (QED) is 0.241. The van der Waals surface area contributed by atoms with Crippen LogP contribution in [0.5, 0.6) is 0 Å². The molecule has 1 aliphatic heterocycles. The van der Waals surface area contributed by atoms with Crippen molar-refractivity contribution in [2.75, 3.05) is 0 Å². The van der Waals surface area contributed by atoms with Crippen LogP contribution in [0.1, 0.15) is 50.5 Å². The molecule has 1 atom stereocenters. The second-order valence-electron chi connectivity index (χ2n) is 11.6. The van der Waals surface area contributed by atoms with Crippen molar-refractivity contribution in [1.82, 2.24) is 34.3 Å². The Hall–Kier alpha value is -5.36. The van der Waals surface area contributed by atoms with Crippen LogP contribution >= 0.6 is 15.9 Å². The molecule has 0 aliphatic carbocycles. The molecule has 47 heavy (non-hydrogen) atoms. The number of halogens is 1. The van der Waals surface area contributed by atoms with E-state index >= 15 is 0 Å². The highest BCUT2D eigenvalue weighted by Gasteiger charge is 2.35. The maximum atomic E-state index is 14.3. The lowest BCUT2D eigenvalue weighted by molar-refractivity contribution is 0.0610. The molecule has 7 rings (SSSR count). The Bertz CT molecular complexity index is 2240. The lowest BCUT2D eigenvalue weighted by atomic mass is 10.0. The molecule has 11 nitrogen and oxygen atoms in total. The minimum absolute atomic E-state index is 0.0724. The normalized spacial score (nSPS) is 14.3. The number of benzene rings is 3. The molecule has 236 valence electrons. The first-order valence-corrected chi connectivity index (χ1v) is 15.9. The van der Waals surface area contributed by atoms with Gasteiger partial charge in [0.25, 0.3) is 11.8 Å². The van der Waals surface area contributed by atoms with E-state index in [1.54, 1.807) is 46.9 Å². The summed E-state index contributed by atoms with van der Waals surface area (Å²) < 4.78 is 9.58. The van der Waals surface area contributed by atoms with Gasteiger partial charge in [-0.2, -0.15) is 0 Å². The molecule has 12 heteroatoms. The highest BCUT2D eigenvalue weighted by atomic mass is 79.9. The van der Waals surface area contributed by atoms with Crippen LogP contribution in [0, 0.1) is 13.8 Å². The first kappa shape index (κ1) is 30.3. The molecule has 3 aromatic heterocycles. The lowest BCUT2D eigenvalue weighted by Crippen LogP contribution is -2.47. The topological polar surface area (TPSA) is 128 Å². The number of amides is 2. The van der Waals surface area contributed by atoms with Gasteiger partial charge in [-0.15, -0.1) is 0 Å². The molecule has 0 fully saturated rings. The summed E-state index contributed by atoms with van der Waals surface area (Å²) in [7, 11) is 0. The number of rotatable bonds is 6. The van der Waals surface area contributed by atoms with Crippen LogP contribution in [0.25, 0.3) is 28.0 Å². The van der Waals surface area contributed by atoms with Gasteiger partial charge >= 0.3 is 5.69 Å². The van der Waals surface area contributed by atoms with Gasteiger partial charge < -0.3 is 14.6 Å². The summed E-state index contributed by atoms with van der Waals surface area (Å²) in [6.07, 6.45) is 3.15. The van der Waals surface area contributed by atoms with Crippen LogP contribution in [0.3, 0.4) is 0 Å². The predicted molar refractivity (Wildman–Crippen MR) is 179 cm³/mol. The van der Waals surface area contributed by atoms with Crippen LogP contribution in [0.15, 0.2) is 92.9 Å². The lowest BCUT2D eigenvalue weighted by Gasteiger charge is -2.34. The summed E-state index contributed by atoms with van der Waals surface area (Å²) in [6, 6.07) is 19.8. The molecule has 0 saturated heterocycles. The number of aryl methyl sites for hydroxylation is 2. The molecule has 4 heterocycles. The molecule has 1 aliphatic rings. The van der Waals surface area contributed by atoms with Crippen LogP contribution in [0.2, 0.25) is 0 Å². The monoisotopic (exact) mass is 691 g/mol. The molecular weight excluding hydrogens is 662 g/mol. The van der Waals surface area contributed by atoms with E-state index in [2.05, 4.69) is 36.2 Å². The fraction of sp³-hybridized carbons (Fsp3) is 0.200. The molecule has 0 radical (unpaired) electrons. The number of carbonyl (C=O) groups is 2. The van der Waals surface area contributed by atoms with Gasteiger partial charge in [0.1, 0.15) is 17.5 Å². The number of fused-ring (bicyclic) bond motifs is 2. The fourth-order valence-electron chi connectivity index (χ4n) is 6.11. The second-order valence-corrected chi connectivity index (χ2v) is 12.4. The number of nitrogens with zero attached hydrogens (tertiary/aromatic N) is 6. The SMILES string of the molecule is Cc1nc2cc(-n3c(C(=O)NCc4ccccc4-c4ccncn4)c4n(c3=O)CC(C)N(C(=O)c3ccc(Br)c(C)c3)C4)ccc2o1. The molecule has 1 N–H and O–H groups in total. The van der Waals surface area contributed by atoms with Crippen LogP contribution in [-0.2, 0) is 19.6 Å². The van der Waals surface area contributed by atoms with E-state index < -0.39 is 5.91 Å². The summed E-state index contributed by atoms with van der Waals surface area (Å²) >= 11 is 3.50. The van der Waals surface area contributed by atoms with E-state index in [4.69, 9.17) is 4.42 Å². The Morgan fingerprint density at radius 2 is 1.89 bits per heavy atom. The van der Waals surface area contributed by atoms with Crippen molar-refractivity contribution in [2.24, 2.45) is 0 Å². The molecule has 0 spiro atoms. The Morgan fingerprint density at radius 3 is 2.68 bits per heavy atom. The summed E-state index contributed by atoms with van der Waals surface area (Å²) in [5.74, 6) is -0.137. The number of carbonyl (C=O) groups excluding carboxylic acids is 2. The molecule has 0 saturated carbocycles. The number of hydrogen-bond acceptors (Lipinski definition) is 7. The number of oxazole rings is 1. The van der Waals surface area contributed by atoms with Gasteiger partial charge in [-0.3, -0.25) is 18.7 Å². The highest BCUT2D eigenvalue weighted by Crippen LogP contribution is 2.28. The standard InChI is InChI=1S/C35H30BrN7O4/c1-20-14-23(8-10-27(20)36)34(45)41-18-30-32(33(44)38-16-24-6-4-5-7-26(24)28-12-13-37-19-39-28)43(35(46)42(30)17-21(41)2)25-9-11-31-29(15-25)40-22(3)47-31/h4-15,19,21H,16-18H2,1-3H3,(H,38,44). The van der Waals surface area contributed by atoms with Crippen molar-refractivity contribution in [1.29, 1.82) is 0 Å². The van der Waals surface area contributed by atoms with E-state index in [0.717, 1.165) is 26.9 Å². The summed E-state index contributed by atoms with van der Waals surface area (Å²) in [6.45, 7) is 6.06. The zero-order valence-electron chi connectivity index (χ0n) is 25.9. The van der Waals surface area contributed by atoms with Gasteiger partial charge in [0.2, 0.25) is 0 Å². The molecule has 2 amide bonds. The van der Waals surface area contributed by atoms with Crippen molar-refractivity contribution < 1.29 is 14.0 Å². The Balaban J connectivity index is 1.30. The van der Waals surface area contributed by atoms with E-state index in [9.17, 15) is 14.4 Å². The zero-order chi connectivity index (χ0) is 32.8. The average molecular weight is 693 g/mol. The van der Waals surface area contributed by atoms with Gasteiger partial charge in [-0.1, -0.05) is 40.2 Å². The molecule has 0 bridgehead atoms. The number of nitrogens with one attached hydrogen (secondary N) is 1. The molecular formula is C35H30BrN7O4. The van der Waals surface area contributed by atoms with E-state index in [1.165, 1.54) is 10.9 Å². The number of imidazole rings is 1. The van der Waals surface area contributed by atoms with Crippen molar-refractivity contribution >= 4 is 38.8 Å². The van der Waals surface area contributed by atoms with E-state index in [0.29, 0.717) is 33.9 Å². The third-order valence-electron chi connectivity index (χ3n) is 8.48. The third kappa shape index (κ3) is 5.54. The predicted octanol–water partition coefficient (Wildman–Crippen LogP) is 5.59. The molecule has 6 aromatic rings. The van der Waals surface area contributed by atoms with E-state index in [1.807, 2.05) is 56.3 Å². The second kappa shape index (κ2) is 12.1. The average Bonchev–Trinajstić information content (AvgIpc) is 3.59.